The van der Waals surface area contributed by atoms with Crippen molar-refractivity contribution >= 4 is 6.09 Å². The summed E-state index contributed by atoms with van der Waals surface area (Å²) in [5.41, 5.74) is -0.586. The van der Waals surface area contributed by atoms with E-state index in [0.29, 0.717) is 0 Å². The Balaban J connectivity index is 3.25. The van der Waals surface area contributed by atoms with Gasteiger partial charge < -0.3 is 9.84 Å². The number of carbonyl (C=O) groups excluding carboxylic acids is 1. The van der Waals surface area contributed by atoms with E-state index in [2.05, 4.69) is 29.9 Å². The number of ether oxygens (including phenoxy) is 1. The summed E-state index contributed by atoms with van der Waals surface area (Å²) in [4.78, 5) is 27.9. The van der Waals surface area contributed by atoms with Crippen molar-refractivity contribution in [3.05, 3.63) is 0 Å². The second-order valence-corrected chi connectivity index (χ2v) is 3.61. The van der Waals surface area contributed by atoms with E-state index >= 15 is 0 Å². The van der Waals surface area contributed by atoms with Crippen molar-refractivity contribution in [2.75, 3.05) is 20.3 Å². The maximum atomic E-state index is 11.1. The fraction of sp³-hybridized carbons (Fsp3) is 0.875. The first-order valence-electron chi connectivity index (χ1n) is 4.69. The minimum absolute atomic E-state index is 0.268. The molecule has 1 amide bonds. The zero-order valence-corrected chi connectivity index (χ0v) is 9.93. The van der Waals surface area contributed by atoms with Crippen LogP contribution in [0.4, 0.5) is 4.79 Å². The second kappa shape index (κ2) is 9.10. The van der Waals surface area contributed by atoms with Crippen LogP contribution in [0.1, 0.15) is 20.8 Å². The highest BCUT2D eigenvalue weighted by Crippen LogP contribution is 2.06. The first kappa shape index (κ1) is 16.0. The van der Waals surface area contributed by atoms with E-state index in [1.54, 1.807) is 20.8 Å². The van der Waals surface area contributed by atoms with E-state index in [-0.39, 0.29) is 6.73 Å². The van der Waals surface area contributed by atoms with Gasteiger partial charge in [0.15, 0.2) is 13.5 Å². The van der Waals surface area contributed by atoms with Gasteiger partial charge >= 0.3 is 6.09 Å². The molecule has 0 rings (SSSR count). The maximum absolute atomic E-state index is 11.1. The SMILES string of the molecule is CC(C)(C)OC(=O)NCOOOCOOCO. The van der Waals surface area contributed by atoms with Crippen molar-refractivity contribution in [3.63, 3.8) is 0 Å². The Bertz CT molecular complexity index is 204. The average Bonchev–Trinajstić information content (AvgIpc) is 2.19. The average molecular weight is 255 g/mol. The van der Waals surface area contributed by atoms with E-state index in [9.17, 15) is 4.79 Å². The predicted octanol–water partition coefficient (Wildman–Crippen LogP) is 0.204. The summed E-state index contributed by atoms with van der Waals surface area (Å²) in [6, 6.07) is 0. The monoisotopic (exact) mass is 255 g/mol. The summed E-state index contributed by atoms with van der Waals surface area (Å²) >= 11 is 0. The molecule has 9 heteroatoms. The Labute approximate surface area is 98.3 Å². The molecule has 0 bridgehead atoms. The number of hydrogen-bond acceptors (Lipinski definition) is 8. The van der Waals surface area contributed by atoms with Crippen molar-refractivity contribution in [2.24, 2.45) is 0 Å². The van der Waals surface area contributed by atoms with Gasteiger partial charge in [-0.1, -0.05) is 5.04 Å². The molecule has 0 aromatic heterocycles. The van der Waals surface area contributed by atoms with Gasteiger partial charge in [-0.15, -0.1) is 0 Å². The molecule has 0 saturated carbocycles. The second-order valence-electron chi connectivity index (χ2n) is 3.61. The highest BCUT2D eigenvalue weighted by atomic mass is 17.5. The summed E-state index contributed by atoms with van der Waals surface area (Å²) in [5, 5.41) is 14.5. The van der Waals surface area contributed by atoms with Crippen LogP contribution in [0, 0.1) is 0 Å². The fourth-order valence-corrected chi connectivity index (χ4v) is 0.571. The molecular weight excluding hydrogens is 238 g/mol. The molecule has 0 heterocycles. The van der Waals surface area contributed by atoms with Crippen molar-refractivity contribution in [1.29, 1.82) is 0 Å². The van der Waals surface area contributed by atoms with Gasteiger partial charge in [0.05, 0.1) is 0 Å². The van der Waals surface area contributed by atoms with Crippen LogP contribution in [0.25, 0.3) is 0 Å². The molecule has 0 aliphatic rings. The highest BCUT2D eigenvalue weighted by Gasteiger charge is 2.15. The standard InChI is InChI=1S/C8H17NO8/c1-8(2,3)16-7(11)9-4-12-17-15-6-14-13-5-10/h10H,4-6H2,1-3H3,(H,9,11). The van der Waals surface area contributed by atoms with Crippen LogP contribution >= 0.6 is 0 Å². The molecule has 0 radical (unpaired) electrons. The zero-order valence-electron chi connectivity index (χ0n) is 9.93. The molecule has 0 aliphatic heterocycles. The number of rotatable bonds is 8. The molecule has 17 heavy (non-hydrogen) atoms. The van der Waals surface area contributed by atoms with Crippen LogP contribution in [0.15, 0.2) is 0 Å². The minimum Gasteiger partial charge on any atom is -0.444 e. The predicted molar refractivity (Wildman–Crippen MR) is 51.6 cm³/mol. The summed E-state index contributed by atoms with van der Waals surface area (Å²) in [7, 11) is 0. The lowest BCUT2D eigenvalue weighted by atomic mass is 10.2. The van der Waals surface area contributed by atoms with Crippen molar-refractivity contribution in [1.82, 2.24) is 5.32 Å². The van der Waals surface area contributed by atoms with E-state index in [1.807, 2.05) is 0 Å². The van der Waals surface area contributed by atoms with E-state index in [4.69, 9.17) is 9.84 Å². The minimum atomic E-state index is -0.652. The number of nitrogens with one attached hydrogen (secondary N) is 1. The normalized spacial score (nSPS) is 11.3. The lowest BCUT2D eigenvalue weighted by Gasteiger charge is -2.19. The van der Waals surface area contributed by atoms with Crippen molar-refractivity contribution in [2.45, 2.75) is 26.4 Å². The van der Waals surface area contributed by atoms with Gasteiger partial charge in [-0.25, -0.2) is 14.6 Å². The lowest BCUT2D eigenvalue weighted by Crippen LogP contribution is -2.33. The number of amides is 1. The molecule has 0 aromatic carbocycles. The molecule has 0 fully saturated rings. The summed E-state index contributed by atoms with van der Waals surface area (Å²) in [5.74, 6) is 0. The zero-order chi connectivity index (χ0) is 13.1. The third-order valence-corrected chi connectivity index (χ3v) is 1.00. The van der Waals surface area contributed by atoms with Crippen molar-refractivity contribution < 1.29 is 39.2 Å². The van der Waals surface area contributed by atoms with E-state index < -0.39 is 25.3 Å². The maximum Gasteiger partial charge on any atom is 0.409 e. The Kier molecular flexibility index (Phi) is 8.58. The smallest absolute Gasteiger partial charge is 0.409 e. The molecule has 0 aromatic rings. The Morgan fingerprint density at radius 3 is 2.47 bits per heavy atom. The third-order valence-electron chi connectivity index (χ3n) is 1.00. The fourth-order valence-electron chi connectivity index (χ4n) is 0.571. The first-order chi connectivity index (χ1) is 7.95. The summed E-state index contributed by atoms with van der Waals surface area (Å²) < 4.78 is 4.90. The molecule has 0 spiro atoms. The molecule has 102 valence electrons. The highest BCUT2D eigenvalue weighted by molar-refractivity contribution is 5.67. The topological polar surface area (TPSA) is 105 Å². The van der Waals surface area contributed by atoms with Gasteiger partial charge in [0, 0.05) is 0 Å². The molecule has 0 atom stereocenters. The van der Waals surface area contributed by atoms with Gasteiger partial charge in [0.2, 0.25) is 6.79 Å². The first-order valence-corrected chi connectivity index (χ1v) is 4.69. The number of aliphatic hydroxyl groups excluding tert-OH is 1. The van der Waals surface area contributed by atoms with E-state index in [1.165, 1.54) is 0 Å². The summed E-state index contributed by atoms with van der Waals surface area (Å²) in [6.07, 6.45) is -0.652. The molecule has 0 unspecified atom stereocenters. The van der Waals surface area contributed by atoms with E-state index in [0.717, 1.165) is 0 Å². The Hall–Kier alpha value is -0.970. The van der Waals surface area contributed by atoms with Gasteiger partial charge in [-0.3, -0.25) is 5.32 Å². The molecule has 0 saturated heterocycles. The summed E-state index contributed by atoms with van der Waals surface area (Å²) in [6.45, 7) is 3.90. The van der Waals surface area contributed by atoms with Gasteiger partial charge in [-0.05, 0) is 20.8 Å². The van der Waals surface area contributed by atoms with Crippen LogP contribution in [0.2, 0.25) is 0 Å². The van der Waals surface area contributed by atoms with Gasteiger partial charge in [0.1, 0.15) is 5.60 Å². The van der Waals surface area contributed by atoms with Crippen molar-refractivity contribution in [3.8, 4) is 0 Å². The quantitative estimate of drug-likeness (QED) is 0.274. The number of alkyl carbamates (subject to hydrolysis) is 1. The molecular formula is C8H17NO8. The lowest BCUT2D eigenvalue weighted by molar-refractivity contribution is -0.550. The van der Waals surface area contributed by atoms with Crippen LogP contribution in [-0.2, 0) is 29.3 Å². The molecule has 0 aliphatic carbocycles. The van der Waals surface area contributed by atoms with Crippen LogP contribution in [0.3, 0.4) is 0 Å². The van der Waals surface area contributed by atoms with Gasteiger partial charge in [0.25, 0.3) is 0 Å². The van der Waals surface area contributed by atoms with Crippen LogP contribution < -0.4 is 5.32 Å². The number of carbonyl (C=O) groups is 1. The van der Waals surface area contributed by atoms with Crippen LogP contribution in [-0.4, -0.2) is 37.1 Å². The largest absolute Gasteiger partial charge is 0.444 e. The van der Waals surface area contributed by atoms with Crippen LogP contribution in [0.5, 0.6) is 0 Å². The number of aliphatic hydroxyl groups is 1. The third kappa shape index (κ3) is 13.0. The molecule has 9 nitrogen and oxygen atoms in total. The Morgan fingerprint density at radius 1 is 1.18 bits per heavy atom. The van der Waals surface area contributed by atoms with Gasteiger partial charge in [-0.2, -0.15) is 9.78 Å². The number of hydrogen-bond donors (Lipinski definition) is 2. The Morgan fingerprint density at radius 2 is 1.88 bits per heavy atom. The molecule has 2 N–H and O–H groups in total.